The van der Waals surface area contributed by atoms with Gasteiger partial charge in [0.1, 0.15) is 5.75 Å². The highest BCUT2D eigenvalue weighted by molar-refractivity contribution is 5.93. The first-order valence-electron chi connectivity index (χ1n) is 7.50. The first-order chi connectivity index (χ1) is 10.7. The number of rotatable bonds is 7. The smallest absolute Gasteiger partial charge is 0.243 e. The maximum Gasteiger partial charge on any atom is 0.243 e. The van der Waals surface area contributed by atoms with E-state index >= 15 is 0 Å². The molecule has 0 aromatic heterocycles. The molecule has 0 aliphatic heterocycles. The summed E-state index contributed by atoms with van der Waals surface area (Å²) < 4.78 is 5.51. The molecule has 2 rings (SSSR count). The van der Waals surface area contributed by atoms with Crippen molar-refractivity contribution in [3.63, 3.8) is 0 Å². The Hall–Kier alpha value is -2.49. The van der Waals surface area contributed by atoms with Gasteiger partial charge in [0.25, 0.3) is 0 Å². The van der Waals surface area contributed by atoms with E-state index in [-0.39, 0.29) is 12.5 Å². The highest BCUT2D eigenvalue weighted by Gasteiger charge is 2.03. The van der Waals surface area contributed by atoms with E-state index in [4.69, 9.17) is 4.74 Å². The summed E-state index contributed by atoms with van der Waals surface area (Å²) in [5.41, 5.74) is 2.87. The van der Waals surface area contributed by atoms with Crippen molar-refractivity contribution in [2.75, 3.05) is 23.8 Å². The molecule has 0 saturated carbocycles. The number of aryl methyl sites for hydroxylation is 1. The van der Waals surface area contributed by atoms with Crippen molar-refractivity contribution in [1.82, 2.24) is 0 Å². The summed E-state index contributed by atoms with van der Waals surface area (Å²) in [4.78, 5) is 11.9. The maximum absolute atomic E-state index is 11.9. The largest absolute Gasteiger partial charge is 0.494 e. The number of nitrogens with one attached hydrogen (secondary N) is 2. The topological polar surface area (TPSA) is 50.4 Å². The van der Waals surface area contributed by atoms with E-state index < -0.39 is 0 Å². The minimum Gasteiger partial charge on any atom is -0.494 e. The molecule has 0 spiro atoms. The van der Waals surface area contributed by atoms with Crippen molar-refractivity contribution in [1.29, 1.82) is 0 Å². The van der Waals surface area contributed by atoms with Gasteiger partial charge < -0.3 is 15.4 Å². The molecule has 1 amide bonds. The zero-order valence-corrected chi connectivity index (χ0v) is 13.1. The Labute approximate surface area is 131 Å². The second kappa shape index (κ2) is 8.08. The third-order valence-corrected chi connectivity index (χ3v) is 3.08. The highest BCUT2D eigenvalue weighted by atomic mass is 16.5. The van der Waals surface area contributed by atoms with E-state index in [1.807, 2.05) is 55.5 Å². The molecule has 0 aliphatic rings. The predicted octanol–water partition coefficient (Wildman–Crippen LogP) is 3.83. The first-order valence-corrected chi connectivity index (χ1v) is 7.50. The number of hydrogen-bond donors (Lipinski definition) is 2. The Kier molecular flexibility index (Phi) is 5.83. The SMILES string of the molecule is CCCOc1ccc(NC(=O)CNc2cccc(C)c2)cc1. The minimum absolute atomic E-state index is 0.0799. The molecule has 2 aromatic rings. The van der Waals surface area contributed by atoms with Gasteiger partial charge in [0.15, 0.2) is 0 Å². The molecule has 0 heterocycles. The van der Waals surface area contributed by atoms with Crippen LogP contribution in [0.4, 0.5) is 11.4 Å². The molecule has 4 heteroatoms. The van der Waals surface area contributed by atoms with Gasteiger partial charge in [0, 0.05) is 11.4 Å². The molecule has 2 aromatic carbocycles. The zero-order valence-electron chi connectivity index (χ0n) is 13.1. The van der Waals surface area contributed by atoms with Crippen LogP contribution >= 0.6 is 0 Å². The Balaban J connectivity index is 1.81. The summed E-state index contributed by atoms with van der Waals surface area (Å²) >= 11 is 0. The number of carbonyl (C=O) groups excluding carboxylic acids is 1. The molecule has 0 unspecified atom stereocenters. The van der Waals surface area contributed by atoms with Gasteiger partial charge in [-0.25, -0.2) is 0 Å². The second-order valence-electron chi connectivity index (χ2n) is 5.14. The average molecular weight is 298 g/mol. The molecule has 4 nitrogen and oxygen atoms in total. The fraction of sp³-hybridized carbons (Fsp3) is 0.278. The molecular formula is C18H22N2O2. The van der Waals surface area contributed by atoms with Crippen LogP contribution in [0.5, 0.6) is 5.75 Å². The molecule has 116 valence electrons. The van der Waals surface area contributed by atoms with E-state index in [1.54, 1.807) is 0 Å². The lowest BCUT2D eigenvalue weighted by molar-refractivity contribution is -0.114. The van der Waals surface area contributed by atoms with Crippen molar-refractivity contribution in [3.8, 4) is 5.75 Å². The Morgan fingerprint density at radius 2 is 1.86 bits per heavy atom. The normalized spacial score (nSPS) is 10.1. The molecule has 2 N–H and O–H groups in total. The van der Waals surface area contributed by atoms with Crippen LogP contribution in [0, 0.1) is 6.92 Å². The Morgan fingerprint density at radius 1 is 1.09 bits per heavy atom. The average Bonchev–Trinajstić information content (AvgIpc) is 2.52. The Morgan fingerprint density at radius 3 is 2.55 bits per heavy atom. The second-order valence-corrected chi connectivity index (χ2v) is 5.14. The quantitative estimate of drug-likeness (QED) is 0.816. The number of amides is 1. The summed E-state index contributed by atoms with van der Waals surface area (Å²) in [5, 5.41) is 5.96. The van der Waals surface area contributed by atoms with E-state index in [1.165, 1.54) is 0 Å². The fourth-order valence-corrected chi connectivity index (χ4v) is 2.00. The number of carbonyl (C=O) groups is 1. The number of hydrogen-bond acceptors (Lipinski definition) is 3. The zero-order chi connectivity index (χ0) is 15.8. The first kappa shape index (κ1) is 15.9. The van der Waals surface area contributed by atoms with Crippen LogP contribution in [0.15, 0.2) is 48.5 Å². The van der Waals surface area contributed by atoms with Gasteiger partial charge >= 0.3 is 0 Å². The van der Waals surface area contributed by atoms with Crippen molar-refractivity contribution < 1.29 is 9.53 Å². The number of anilines is 2. The van der Waals surface area contributed by atoms with Crippen molar-refractivity contribution in [2.24, 2.45) is 0 Å². The van der Waals surface area contributed by atoms with Crippen LogP contribution in [0.25, 0.3) is 0 Å². The summed E-state index contributed by atoms with van der Waals surface area (Å²) in [6.07, 6.45) is 0.975. The summed E-state index contributed by atoms with van der Waals surface area (Å²) in [6.45, 7) is 5.02. The number of benzene rings is 2. The lowest BCUT2D eigenvalue weighted by Crippen LogP contribution is -2.21. The lowest BCUT2D eigenvalue weighted by atomic mass is 10.2. The third-order valence-electron chi connectivity index (χ3n) is 3.08. The lowest BCUT2D eigenvalue weighted by Gasteiger charge is -2.09. The van der Waals surface area contributed by atoms with Gasteiger partial charge in [-0.15, -0.1) is 0 Å². The Bertz CT molecular complexity index is 609. The van der Waals surface area contributed by atoms with Gasteiger partial charge in [-0.2, -0.15) is 0 Å². The van der Waals surface area contributed by atoms with E-state index in [0.29, 0.717) is 6.61 Å². The molecule has 0 atom stereocenters. The van der Waals surface area contributed by atoms with Gasteiger partial charge in [-0.3, -0.25) is 4.79 Å². The van der Waals surface area contributed by atoms with Crippen LogP contribution in [0.1, 0.15) is 18.9 Å². The van der Waals surface area contributed by atoms with Crippen LogP contribution in [-0.2, 0) is 4.79 Å². The third kappa shape index (κ3) is 5.13. The molecule has 0 saturated heterocycles. The van der Waals surface area contributed by atoms with Crippen molar-refractivity contribution in [2.45, 2.75) is 20.3 Å². The molecule has 22 heavy (non-hydrogen) atoms. The molecule has 0 fully saturated rings. The van der Waals surface area contributed by atoms with Crippen LogP contribution in [-0.4, -0.2) is 19.1 Å². The van der Waals surface area contributed by atoms with Gasteiger partial charge in [0.05, 0.1) is 13.2 Å². The maximum atomic E-state index is 11.9. The number of ether oxygens (including phenoxy) is 1. The van der Waals surface area contributed by atoms with E-state index in [0.717, 1.165) is 29.1 Å². The molecular weight excluding hydrogens is 276 g/mol. The standard InChI is InChI=1S/C18H22N2O2/c1-3-11-22-17-9-7-15(8-10-17)20-18(21)13-19-16-6-4-5-14(2)12-16/h4-10,12,19H,3,11,13H2,1-2H3,(H,20,21). The summed E-state index contributed by atoms with van der Waals surface area (Å²) in [6, 6.07) is 15.3. The summed E-state index contributed by atoms with van der Waals surface area (Å²) in [7, 11) is 0. The highest BCUT2D eigenvalue weighted by Crippen LogP contribution is 2.16. The molecule has 0 bridgehead atoms. The van der Waals surface area contributed by atoms with Gasteiger partial charge in [-0.1, -0.05) is 19.1 Å². The summed E-state index contributed by atoms with van der Waals surface area (Å²) in [5.74, 6) is 0.737. The predicted molar refractivity (Wildman–Crippen MR) is 90.5 cm³/mol. The van der Waals surface area contributed by atoms with Crippen LogP contribution < -0.4 is 15.4 Å². The van der Waals surface area contributed by atoms with Crippen molar-refractivity contribution >= 4 is 17.3 Å². The molecule has 0 aliphatic carbocycles. The monoisotopic (exact) mass is 298 g/mol. The molecule has 0 radical (unpaired) electrons. The minimum atomic E-state index is -0.0799. The van der Waals surface area contributed by atoms with Crippen molar-refractivity contribution in [3.05, 3.63) is 54.1 Å². The van der Waals surface area contributed by atoms with Crippen LogP contribution in [0.3, 0.4) is 0 Å². The van der Waals surface area contributed by atoms with Crippen LogP contribution in [0.2, 0.25) is 0 Å². The van der Waals surface area contributed by atoms with Gasteiger partial charge in [0.2, 0.25) is 5.91 Å². The van der Waals surface area contributed by atoms with Gasteiger partial charge in [-0.05, 0) is 55.3 Å². The fourth-order valence-electron chi connectivity index (χ4n) is 2.00. The van der Waals surface area contributed by atoms with E-state index in [9.17, 15) is 4.79 Å². The van der Waals surface area contributed by atoms with E-state index in [2.05, 4.69) is 17.6 Å².